The van der Waals surface area contributed by atoms with Crippen LogP contribution in [-0.2, 0) is 23.1 Å². The van der Waals surface area contributed by atoms with Gasteiger partial charge in [0.1, 0.15) is 18.9 Å². The molecule has 0 saturated heterocycles. The second-order valence-electron chi connectivity index (χ2n) is 3.78. The van der Waals surface area contributed by atoms with E-state index in [1.54, 1.807) is 0 Å². The first-order chi connectivity index (χ1) is 9.35. The molecule has 0 aromatic heterocycles. The summed E-state index contributed by atoms with van der Waals surface area (Å²) in [7, 11) is -18.3. The molecule has 0 aromatic rings. The van der Waals surface area contributed by atoms with E-state index in [1.165, 1.54) is 0 Å². The second kappa shape index (κ2) is 8.91. The molecule has 18 heteroatoms. The number of hydrogen-bond donors (Lipinski definition) is 8. The van der Waals surface area contributed by atoms with Crippen LogP contribution in [0.1, 0.15) is 0 Å². The molecule has 0 aromatic carbocycles. The average Bonchev–Trinajstić information content (AvgIpc) is 2.08. The molecular formula is C4H15NO13P4. The van der Waals surface area contributed by atoms with E-state index in [0.717, 1.165) is 0 Å². The van der Waals surface area contributed by atoms with Crippen molar-refractivity contribution in [1.82, 2.24) is 4.90 Å². The molecule has 0 unspecified atom stereocenters. The van der Waals surface area contributed by atoms with Crippen LogP contribution in [0, 0.1) is 0 Å². The van der Waals surface area contributed by atoms with Crippen LogP contribution in [0.5, 0.6) is 0 Å². The summed E-state index contributed by atoms with van der Waals surface area (Å²) in [6.07, 6.45) is -3.41. The van der Waals surface area contributed by atoms with E-state index in [0.29, 0.717) is 4.90 Å². The van der Waals surface area contributed by atoms with Gasteiger partial charge >= 0.3 is 30.4 Å². The molecule has 0 atom stereocenters. The highest BCUT2D eigenvalue weighted by atomic mass is 31.2. The molecule has 0 aliphatic carbocycles. The summed E-state index contributed by atoms with van der Waals surface area (Å²) >= 11 is 0. The van der Waals surface area contributed by atoms with Crippen LogP contribution in [0.3, 0.4) is 0 Å². The van der Waals surface area contributed by atoms with Gasteiger partial charge in [0.15, 0.2) is 0 Å². The lowest BCUT2D eigenvalue weighted by Gasteiger charge is -2.22. The fourth-order valence-corrected chi connectivity index (χ4v) is 3.55. The zero-order chi connectivity index (χ0) is 18.4. The summed E-state index contributed by atoms with van der Waals surface area (Å²) in [5, 5.41) is 0. The topological polar surface area (TPSA) is 250 Å². The highest BCUT2D eigenvalue weighted by molar-refractivity contribution is 7.67. The van der Waals surface area contributed by atoms with Crippen LogP contribution in [0.2, 0.25) is 0 Å². The maximum atomic E-state index is 10.6. The first kappa shape index (κ1) is 24.5. The Labute approximate surface area is 123 Å². The van der Waals surface area contributed by atoms with Crippen molar-refractivity contribution in [1.29, 1.82) is 0 Å². The second-order valence-corrected chi connectivity index (χ2v) is 10.0. The highest BCUT2D eigenvalue weighted by Gasteiger charge is 2.30. The zero-order valence-corrected chi connectivity index (χ0v) is 14.1. The predicted molar refractivity (Wildman–Crippen MR) is 71.4 cm³/mol. The summed E-state index contributed by atoms with van der Waals surface area (Å²) in [6.45, 7) is 0. The lowest BCUT2D eigenvalue weighted by atomic mass is 11.0. The molecule has 0 heterocycles. The van der Waals surface area contributed by atoms with Crippen LogP contribution >= 0.6 is 30.4 Å². The molecule has 8 N–H and O–H groups in total. The Morgan fingerprint density at radius 2 is 0.818 bits per heavy atom. The van der Waals surface area contributed by atoms with Gasteiger partial charge in [-0.15, -0.1) is 0 Å². The first-order valence-corrected chi connectivity index (χ1v) is 11.8. The van der Waals surface area contributed by atoms with Gasteiger partial charge in [-0.25, -0.2) is 0 Å². The Kier molecular flexibility index (Phi) is 9.91. The molecule has 0 aliphatic rings. The van der Waals surface area contributed by atoms with Gasteiger partial charge in [-0.2, -0.15) is 0 Å². The van der Waals surface area contributed by atoms with Crippen molar-refractivity contribution in [3.8, 4) is 0 Å². The van der Waals surface area contributed by atoms with Crippen LogP contribution in [0.15, 0.2) is 0 Å². The molecule has 0 rings (SSSR count). The van der Waals surface area contributed by atoms with Crippen LogP contribution < -0.4 is 0 Å². The minimum atomic E-state index is -4.65. The molecule has 0 spiro atoms. The van der Waals surface area contributed by atoms with Gasteiger partial charge in [-0.05, 0) is 0 Å². The Hall–Kier alpha value is 0.230. The van der Waals surface area contributed by atoms with Crippen LogP contribution in [-0.4, -0.2) is 68.9 Å². The number of hydrogen-bond acceptors (Lipinski definition) is 6. The predicted octanol–water partition coefficient (Wildman–Crippen LogP) is -1.95. The third-order valence-electron chi connectivity index (χ3n) is 1.29. The smallest absolute Gasteiger partial charge is 0.324 e. The van der Waals surface area contributed by atoms with Crippen molar-refractivity contribution < 1.29 is 62.2 Å². The minimum Gasteiger partial charge on any atom is -0.324 e. The highest BCUT2D eigenvalue weighted by Crippen LogP contribution is 2.45. The molecule has 0 fully saturated rings. The minimum absolute atomic E-state index is 0.336. The van der Waals surface area contributed by atoms with Crippen molar-refractivity contribution in [3.05, 3.63) is 0 Å². The molecular weight excluding hydrogens is 394 g/mol. The van der Waals surface area contributed by atoms with Gasteiger partial charge in [-0.1, -0.05) is 0 Å². The molecule has 22 heavy (non-hydrogen) atoms. The lowest BCUT2D eigenvalue weighted by Crippen LogP contribution is -2.27. The first-order valence-electron chi connectivity index (χ1n) is 4.72. The number of nitrogens with zero attached hydrogens (tertiary/aromatic N) is 1. The molecule has 0 radical (unpaired) electrons. The molecule has 0 aliphatic heterocycles. The molecule has 134 valence electrons. The van der Waals surface area contributed by atoms with Crippen molar-refractivity contribution in [2.75, 3.05) is 18.9 Å². The van der Waals surface area contributed by atoms with Gasteiger partial charge in [0.2, 0.25) is 6.03 Å². The maximum absolute atomic E-state index is 10.6. The summed E-state index contributed by atoms with van der Waals surface area (Å²) in [5.74, 6) is 0. The monoisotopic (exact) mass is 409 g/mol. The van der Waals surface area contributed by atoms with E-state index in [9.17, 15) is 18.3 Å². The Morgan fingerprint density at radius 3 is 0.909 bits per heavy atom. The maximum Gasteiger partial charge on any atom is 0.388 e. The van der Waals surface area contributed by atoms with Gasteiger partial charge in [0.05, 0.1) is 0 Å². The third kappa shape index (κ3) is 22.5. The molecule has 0 amide bonds. The van der Waals surface area contributed by atoms with Crippen LogP contribution in [0.4, 0.5) is 0 Å². The summed E-state index contributed by atoms with van der Waals surface area (Å²) in [5.41, 5.74) is 0. The van der Waals surface area contributed by atoms with E-state index in [4.69, 9.17) is 43.9 Å². The Bertz CT molecular complexity index is 477. The van der Waals surface area contributed by atoms with E-state index in [-0.39, 0.29) is 0 Å². The van der Waals surface area contributed by atoms with Gasteiger partial charge in [0.25, 0.3) is 0 Å². The normalized spacial score (nSPS) is 13.5. The Morgan fingerprint density at radius 1 is 0.636 bits per heavy atom. The van der Waals surface area contributed by atoms with Crippen molar-refractivity contribution >= 4 is 36.4 Å². The summed E-state index contributed by atoms with van der Waals surface area (Å²) < 4.78 is 41.0. The van der Waals surface area contributed by atoms with Gasteiger partial charge in [0, 0.05) is 0 Å². The quantitative estimate of drug-likeness (QED) is 0.168. The van der Waals surface area contributed by atoms with E-state index in [1.807, 2.05) is 0 Å². The molecule has 0 bridgehead atoms. The number of carbonyl (C=O) groups is 1. The fraction of sp³-hybridized carbons (Fsp3) is 0.750. The van der Waals surface area contributed by atoms with Crippen molar-refractivity contribution in [2.24, 2.45) is 0 Å². The number of rotatable bonds is 7. The SMILES string of the molecule is O=CP(=O)(O)O.O=P(O)(O)CN(CP(=O)(O)O)CP(=O)(O)O. The van der Waals surface area contributed by atoms with Crippen molar-refractivity contribution in [3.63, 3.8) is 0 Å². The fourth-order valence-electron chi connectivity index (χ4n) is 0.916. The Balaban J connectivity index is 0. The molecule has 0 saturated carbocycles. The third-order valence-corrected chi connectivity index (χ3v) is 3.87. The zero-order valence-electron chi connectivity index (χ0n) is 10.6. The largest absolute Gasteiger partial charge is 0.388 e. The lowest BCUT2D eigenvalue weighted by molar-refractivity contribution is 0.280. The van der Waals surface area contributed by atoms with Gasteiger partial charge < -0.3 is 39.1 Å². The van der Waals surface area contributed by atoms with E-state index < -0.39 is 55.3 Å². The standard InChI is InChI=1S/C3H12NO9P3.CH3O4P/c5-14(6,7)1-4(2-15(8,9)10)3-16(11,12)13;2-1-6(3,4)5/h1-3H2,(H2,5,6,7)(H2,8,9,10)(H2,11,12,13);1H,(H2,3,4,5). The van der Waals surface area contributed by atoms with Gasteiger partial charge in [-0.3, -0.25) is 28.0 Å². The summed E-state index contributed by atoms with van der Waals surface area (Å²) in [4.78, 5) is 75.8. The van der Waals surface area contributed by atoms with Crippen LogP contribution in [0.25, 0.3) is 0 Å². The van der Waals surface area contributed by atoms with E-state index >= 15 is 0 Å². The van der Waals surface area contributed by atoms with E-state index in [2.05, 4.69) is 0 Å². The van der Waals surface area contributed by atoms with Crippen molar-refractivity contribution in [2.45, 2.75) is 0 Å². The number of carbonyl (C=O) groups excluding carboxylic acids is 1. The average molecular weight is 409 g/mol. The molecule has 14 nitrogen and oxygen atoms in total. The summed E-state index contributed by atoms with van der Waals surface area (Å²) in [6, 6.07) is -0.396.